The second-order valence-corrected chi connectivity index (χ2v) is 5.76. The van der Waals surface area contributed by atoms with E-state index < -0.39 is 0 Å². The lowest BCUT2D eigenvalue weighted by Gasteiger charge is -2.08. The van der Waals surface area contributed by atoms with E-state index in [1.54, 1.807) is 6.21 Å². The van der Waals surface area contributed by atoms with E-state index in [9.17, 15) is 4.79 Å². The molecule has 3 rings (SSSR count). The molecule has 1 aliphatic rings. The molecule has 0 aliphatic carbocycles. The summed E-state index contributed by atoms with van der Waals surface area (Å²) in [5.74, 6) is 1.09. The van der Waals surface area contributed by atoms with E-state index in [1.807, 2.05) is 54.6 Å². The number of nitrogens with zero attached hydrogens (tertiary/aromatic N) is 2. The first kappa shape index (κ1) is 15.3. The van der Waals surface area contributed by atoms with Crippen LogP contribution in [0, 0.1) is 0 Å². The van der Waals surface area contributed by atoms with E-state index in [1.165, 1.54) is 11.8 Å². The van der Waals surface area contributed by atoms with Gasteiger partial charge in [-0.15, -0.1) is 5.10 Å². The van der Waals surface area contributed by atoms with Gasteiger partial charge in [0.05, 0.1) is 12.0 Å². The highest BCUT2D eigenvalue weighted by atomic mass is 32.2. The van der Waals surface area contributed by atoms with E-state index in [0.717, 1.165) is 16.9 Å². The largest absolute Gasteiger partial charge is 0.488 e. The summed E-state index contributed by atoms with van der Waals surface area (Å²) >= 11 is 1.34. The van der Waals surface area contributed by atoms with Crippen LogP contribution >= 0.6 is 11.8 Å². The molecule has 0 saturated carbocycles. The summed E-state index contributed by atoms with van der Waals surface area (Å²) in [5, 5.41) is 11.2. The molecule has 1 N–H and O–H groups in total. The molecule has 1 amide bonds. The van der Waals surface area contributed by atoms with Gasteiger partial charge in [0, 0.05) is 5.56 Å². The van der Waals surface area contributed by atoms with Gasteiger partial charge >= 0.3 is 0 Å². The third kappa shape index (κ3) is 4.43. The Morgan fingerprint density at radius 1 is 1.13 bits per heavy atom. The lowest BCUT2D eigenvalue weighted by molar-refractivity contribution is -0.116. The van der Waals surface area contributed by atoms with Crippen molar-refractivity contribution in [3.63, 3.8) is 0 Å². The Hall–Kier alpha value is -2.60. The molecule has 1 heterocycles. The maximum Gasteiger partial charge on any atom is 0.236 e. The van der Waals surface area contributed by atoms with Crippen molar-refractivity contribution in [3.8, 4) is 5.75 Å². The van der Waals surface area contributed by atoms with Crippen LogP contribution in [0.1, 0.15) is 11.1 Å². The zero-order valence-electron chi connectivity index (χ0n) is 12.3. The zero-order valence-corrected chi connectivity index (χ0v) is 13.1. The molecule has 0 unspecified atom stereocenters. The molecule has 1 fully saturated rings. The molecule has 0 atom stereocenters. The third-order valence-electron chi connectivity index (χ3n) is 3.09. The van der Waals surface area contributed by atoms with E-state index >= 15 is 0 Å². The summed E-state index contributed by atoms with van der Waals surface area (Å²) < 4.78 is 5.85. The van der Waals surface area contributed by atoms with Gasteiger partial charge in [0.25, 0.3) is 0 Å². The smallest absolute Gasteiger partial charge is 0.236 e. The number of thioether (sulfide) groups is 1. The number of carbonyl (C=O) groups excluding carboxylic acids is 1. The molecule has 2 aromatic rings. The summed E-state index contributed by atoms with van der Waals surface area (Å²) in [4.78, 5) is 11.1. The highest BCUT2D eigenvalue weighted by Crippen LogP contribution is 2.18. The van der Waals surface area contributed by atoms with Crippen molar-refractivity contribution in [1.29, 1.82) is 0 Å². The Balaban J connectivity index is 1.67. The maximum absolute atomic E-state index is 11.1. The number of carbonyl (C=O) groups is 1. The van der Waals surface area contributed by atoms with Gasteiger partial charge in [-0.3, -0.25) is 4.79 Å². The molecular formula is C17H15N3O2S. The van der Waals surface area contributed by atoms with Crippen LogP contribution in [0.3, 0.4) is 0 Å². The molecule has 0 spiro atoms. The Morgan fingerprint density at radius 2 is 1.91 bits per heavy atom. The van der Waals surface area contributed by atoms with Crippen LogP contribution in [0.2, 0.25) is 0 Å². The molecule has 1 aliphatic heterocycles. The van der Waals surface area contributed by atoms with Gasteiger partial charge in [-0.1, -0.05) is 54.2 Å². The number of benzene rings is 2. The fourth-order valence-electron chi connectivity index (χ4n) is 1.98. The fourth-order valence-corrected chi connectivity index (χ4v) is 2.61. The van der Waals surface area contributed by atoms with Crippen LogP contribution in [0.5, 0.6) is 5.75 Å². The van der Waals surface area contributed by atoms with E-state index in [2.05, 4.69) is 15.5 Å². The number of amidine groups is 1. The Bertz CT molecular complexity index is 745. The summed E-state index contributed by atoms with van der Waals surface area (Å²) in [5.41, 5.74) is 1.94. The maximum atomic E-state index is 11.1. The van der Waals surface area contributed by atoms with Crippen LogP contribution in [0.25, 0.3) is 0 Å². The van der Waals surface area contributed by atoms with E-state index in [4.69, 9.17) is 4.74 Å². The van der Waals surface area contributed by atoms with Crippen molar-refractivity contribution >= 4 is 29.1 Å². The number of ether oxygens (including phenoxy) is 1. The lowest BCUT2D eigenvalue weighted by Crippen LogP contribution is -2.19. The number of hydrogen-bond acceptors (Lipinski definition) is 5. The predicted molar refractivity (Wildman–Crippen MR) is 92.8 cm³/mol. The van der Waals surface area contributed by atoms with Crippen molar-refractivity contribution in [3.05, 3.63) is 65.7 Å². The van der Waals surface area contributed by atoms with Crippen molar-refractivity contribution in [2.45, 2.75) is 6.61 Å². The van der Waals surface area contributed by atoms with Crippen LogP contribution in [0.4, 0.5) is 0 Å². The molecule has 2 aromatic carbocycles. The first-order valence-electron chi connectivity index (χ1n) is 7.11. The van der Waals surface area contributed by atoms with Crippen LogP contribution in [0.15, 0.2) is 64.8 Å². The molecular weight excluding hydrogens is 310 g/mol. The normalized spacial score (nSPS) is 16.0. The first-order valence-corrected chi connectivity index (χ1v) is 8.09. The van der Waals surface area contributed by atoms with Crippen molar-refractivity contribution in [1.82, 2.24) is 5.32 Å². The van der Waals surface area contributed by atoms with E-state index in [-0.39, 0.29) is 5.91 Å². The van der Waals surface area contributed by atoms with E-state index in [0.29, 0.717) is 17.5 Å². The summed E-state index contributed by atoms with van der Waals surface area (Å²) in [6.07, 6.45) is 1.62. The van der Waals surface area contributed by atoms with Gasteiger partial charge in [-0.05, 0) is 17.7 Å². The Kier molecular flexibility index (Phi) is 5.06. The van der Waals surface area contributed by atoms with Crippen LogP contribution < -0.4 is 10.1 Å². The average molecular weight is 325 g/mol. The predicted octanol–water partition coefficient (Wildman–Crippen LogP) is 2.82. The average Bonchev–Trinajstić information content (AvgIpc) is 3.00. The molecule has 0 radical (unpaired) electrons. The Morgan fingerprint density at radius 3 is 2.70 bits per heavy atom. The lowest BCUT2D eigenvalue weighted by atomic mass is 10.2. The minimum atomic E-state index is -0.0458. The third-order valence-corrected chi connectivity index (χ3v) is 3.95. The van der Waals surface area contributed by atoms with Crippen molar-refractivity contribution in [2.24, 2.45) is 10.2 Å². The van der Waals surface area contributed by atoms with Crippen LogP contribution in [-0.2, 0) is 11.4 Å². The number of amides is 1. The number of nitrogens with one attached hydrogen (secondary N) is 1. The summed E-state index contributed by atoms with van der Waals surface area (Å²) in [6, 6.07) is 17.6. The highest BCUT2D eigenvalue weighted by Gasteiger charge is 2.15. The highest BCUT2D eigenvalue weighted by molar-refractivity contribution is 8.15. The molecule has 5 nitrogen and oxygen atoms in total. The number of rotatable bonds is 5. The first-order chi connectivity index (χ1) is 11.3. The molecule has 0 aromatic heterocycles. The quantitative estimate of drug-likeness (QED) is 0.679. The second kappa shape index (κ2) is 7.60. The minimum absolute atomic E-state index is 0.0458. The molecule has 1 saturated heterocycles. The van der Waals surface area contributed by atoms with Gasteiger partial charge in [0.1, 0.15) is 12.4 Å². The van der Waals surface area contributed by atoms with Crippen molar-refractivity contribution in [2.75, 3.05) is 5.75 Å². The zero-order chi connectivity index (χ0) is 15.9. The standard InChI is InChI=1S/C17H15N3O2S/c21-16-12-23-17(19-16)20-18-10-14-8-4-5-9-15(14)22-11-13-6-2-1-3-7-13/h1-10H,11-12H2,(H,19,20,21). The minimum Gasteiger partial charge on any atom is -0.488 e. The fraction of sp³-hybridized carbons (Fsp3) is 0.118. The second-order valence-electron chi connectivity index (χ2n) is 4.80. The Labute approximate surface area is 138 Å². The number of para-hydroxylation sites is 1. The van der Waals surface area contributed by atoms with Crippen molar-refractivity contribution < 1.29 is 9.53 Å². The molecule has 0 bridgehead atoms. The SMILES string of the molecule is O=C1CSC(=NN=Cc2ccccc2OCc2ccccc2)N1. The topological polar surface area (TPSA) is 63.0 Å². The van der Waals surface area contributed by atoms with Gasteiger partial charge < -0.3 is 10.1 Å². The summed E-state index contributed by atoms with van der Waals surface area (Å²) in [7, 11) is 0. The molecule has 6 heteroatoms. The molecule has 116 valence electrons. The van der Waals surface area contributed by atoms with Gasteiger partial charge in [-0.25, -0.2) is 0 Å². The van der Waals surface area contributed by atoms with Gasteiger partial charge in [-0.2, -0.15) is 5.10 Å². The monoisotopic (exact) mass is 325 g/mol. The van der Waals surface area contributed by atoms with Gasteiger partial charge in [0.2, 0.25) is 5.91 Å². The van der Waals surface area contributed by atoms with Crippen LogP contribution in [-0.4, -0.2) is 23.0 Å². The van der Waals surface area contributed by atoms with Gasteiger partial charge in [0.15, 0.2) is 5.17 Å². The summed E-state index contributed by atoms with van der Waals surface area (Å²) in [6.45, 7) is 0.492. The molecule has 23 heavy (non-hydrogen) atoms. The number of hydrogen-bond donors (Lipinski definition) is 1.